The molecule has 0 N–H and O–H groups in total. The third-order valence-corrected chi connectivity index (χ3v) is 3.55. The van der Waals surface area contributed by atoms with Gasteiger partial charge in [-0.05, 0) is 42.2 Å². The zero-order valence-corrected chi connectivity index (χ0v) is 12.7. The smallest absolute Gasteiger partial charge is 0.137 e. The van der Waals surface area contributed by atoms with Crippen LogP contribution in [0.4, 0.5) is 4.39 Å². The Morgan fingerprint density at radius 2 is 1.80 bits per heavy atom. The van der Waals surface area contributed by atoms with Gasteiger partial charge in [0.1, 0.15) is 11.6 Å². The van der Waals surface area contributed by atoms with Crippen molar-refractivity contribution in [1.29, 1.82) is 0 Å². The van der Waals surface area contributed by atoms with Crippen LogP contribution >= 0.6 is 15.9 Å². The Labute approximate surface area is 127 Å². The van der Waals surface area contributed by atoms with Crippen molar-refractivity contribution < 1.29 is 9.18 Å². The van der Waals surface area contributed by atoms with E-state index in [0.29, 0.717) is 17.3 Å². The summed E-state index contributed by atoms with van der Waals surface area (Å²) in [4.78, 5) is 11.9. The van der Waals surface area contributed by atoms with Gasteiger partial charge >= 0.3 is 0 Å². The van der Waals surface area contributed by atoms with Gasteiger partial charge in [-0.3, -0.25) is 4.79 Å². The molecule has 2 aromatic carbocycles. The van der Waals surface area contributed by atoms with Gasteiger partial charge in [0.05, 0.1) is 0 Å². The molecule has 0 unspecified atom stereocenters. The van der Waals surface area contributed by atoms with Crippen LogP contribution in [-0.4, -0.2) is 5.78 Å². The summed E-state index contributed by atoms with van der Waals surface area (Å²) in [6, 6.07) is 14.7. The highest BCUT2D eigenvalue weighted by molar-refractivity contribution is 9.10. The molecule has 2 aromatic rings. The largest absolute Gasteiger partial charge is 0.299 e. The molecule has 0 heterocycles. The van der Waals surface area contributed by atoms with Crippen LogP contribution < -0.4 is 0 Å². The first-order valence-electron chi connectivity index (χ1n) is 6.64. The summed E-state index contributed by atoms with van der Waals surface area (Å²) in [7, 11) is 0. The molecule has 3 heteroatoms. The number of ketones is 1. The molecule has 20 heavy (non-hydrogen) atoms. The fourth-order valence-electron chi connectivity index (χ4n) is 2.16. The van der Waals surface area contributed by atoms with Crippen LogP contribution in [0, 0.1) is 5.82 Å². The minimum atomic E-state index is -0.313. The van der Waals surface area contributed by atoms with E-state index in [-0.39, 0.29) is 11.6 Å². The number of aryl methyl sites for hydroxylation is 1. The Bertz CT molecular complexity index is 561. The van der Waals surface area contributed by atoms with Gasteiger partial charge in [-0.25, -0.2) is 4.39 Å². The summed E-state index contributed by atoms with van der Waals surface area (Å²) in [5.74, 6) is -0.162. The molecule has 0 amide bonds. The summed E-state index contributed by atoms with van der Waals surface area (Å²) in [5.41, 5.74) is 1.97. The van der Waals surface area contributed by atoms with Gasteiger partial charge in [0.25, 0.3) is 0 Å². The quantitative estimate of drug-likeness (QED) is 0.746. The van der Waals surface area contributed by atoms with E-state index in [1.54, 1.807) is 6.07 Å². The number of rotatable bonds is 6. The van der Waals surface area contributed by atoms with Gasteiger partial charge in [0, 0.05) is 17.3 Å². The van der Waals surface area contributed by atoms with Crippen molar-refractivity contribution in [2.24, 2.45) is 0 Å². The summed E-state index contributed by atoms with van der Waals surface area (Å²) >= 11 is 3.23. The molecule has 0 aliphatic carbocycles. The van der Waals surface area contributed by atoms with Gasteiger partial charge in [-0.1, -0.05) is 46.3 Å². The first-order valence-corrected chi connectivity index (χ1v) is 7.43. The summed E-state index contributed by atoms with van der Waals surface area (Å²) in [6.45, 7) is 0. The number of benzene rings is 2. The molecule has 1 nitrogen and oxygen atoms in total. The van der Waals surface area contributed by atoms with E-state index in [1.165, 1.54) is 17.7 Å². The topological polar surface area (TPSA) is 17.1 Å². The SMILES string of the molecule is O=C(CCCc1ccccc1)Cc1cc(F)cc(Br)c1. The number of carbonyl (C=O) groups excluding carboxylic acids is 1. The average Bonchev–Trinajstić information content (AvgIpc) is 2.38. The molecule has 2 rings (SSSR count). The van der Waals surface area contributed by atoms with E-state index in [1.807, 2.05) is 18.2 Å². The average molecular weight is 335 g/mol. The van der Waals surface area contributed by atoms with E-state index < -0.39 is 0 Å². The molecular weight excluding hydrogens is 319 g/mol. The Kier molecular flexibility index (Phi) is 5.48. The van der Waals surface area contributed by atoms with E-state index in [0.717, 1.165) is 18.4 Å². The molecule has 0 fully saturated rings. The minimum absolute atomic E-state index is 0.151. The maximum absolute atomic E-state index is 13.2. The lowest BCUT2D eigenvalue weighted by Gasteiger charge is -2.03. The molecule has 0 bridgehead atoms. The molecule has 0 saturated heterocycles. The van der Waals surface area contributed by atoms with Crippen molar-refractivity contribution in [3.8, 4) is 0 Å². The molecule has 0 spiro atoms. The van der Waals surface area contributed by atoms with Crippen molar-refractivity contribution in [3.05, 3.63) is 69.9 Å². The predicted octanol–water partition coefficient (Wildman–Crippen LogP) is 4.72. The predicted molar refractivity (Wildman–Crippen MR) is 82.2 cm³/mol. The molecule has 0 aliphatic rings. The number of hydrogen-bond acceptors (Lipinski definition) is 1. The fraction of sp³-hybridized carbons (Fsp3) is 0.235. The maximum Gasteiger partial charge on any atom is 0.137 e. The van der Waals surface area contributed by atoms with E-state index in [9.17, 15) is 9.18 Å². The van der Waals surface area contributed by atoms with Crippen LogP contribution in [0.2, 0.25) is 0 Å². The van der Waals surface area contributed by atoms with E-state index in [4.69, 9.17) is 0 Å². The Morgan fingerprint density at radius 1 is 1.05 bits per heavy atom. The number of carbonyl (C=O) groups is 1. The Hall–Kier alpha value is -1.48. The molecular formula is C17H16BrFO. The molecule has 0 aromatic heterocycles. The van der Waals surface area contributed by atoms with Crippen molar-refractivity contribution in [2.45, 2.75) is 25.7 Å². The second-order valence-corrected chi connectivity index (χ2v) is 5.75. The zero-order valence-electron chi connectivity index (χ0n) is 11.1. The first kappa shape index (κ1) is 14.9. The lowest BCUT2D eigenvalue weighted by Crippen LogP contribution is -2.03. The van der Waals surface area contributed by atoms with Crippen LogP contribution in [0.5, 0.6) is 0 Å². The van der Waals surface area contributed by atoms with Crippen LogP contribution in [0.15, 0.2) is 53.0 Å². The molecule has 0 saturated carbocycles. The highest BCUT2D eigenvalue weighted by Crippen LogP contribution is 2.16. The normalized spacial score (nSPS) is 10.5. The highest BCUT2D eigenvalue weighted by Gasteiger charge is 2.06. The van der Waals surface area contributed by atoms with E-state index >= 15 is 0 Å². The summed E-state index contributed by atoms with van der Waals surface area (Å²) < 4.78 is 13.9. The van der Waals surface area contributed by atoms with Crippen molar-refractivity contribution in [2.75, 3.05) is 0 Å². The molecule has 0 radical (unpaired) electrons. The summed E-state index contributed by atoms with van der Waals surface area (Å²) in [5, 5.41) is 0. The van der Waals surface area contributed by atoms with Gasteiger partial charge in [-0.2, -0.15) is 0 Å². The summed E-state index contributed by atoms with van der Waals surface area (Å²) in [6.07, 6.45) is 2.56. The van der Waals surface area contributed by atoms with Gasteiger partial charge < -0.3 is 0 Å². The van der Waals surface area contributed by atoms with Crippen LogP contribution in [-0.2, 0) is 17.6 Å². The standard InChI is InChI=1S/C17H16BrFO/c18-15-9-14(10-16(19)12-15)11-17(20)8-4-7-13-5-2-1-3-6-13/h1-3,5-6,9-10,12H,4,7-8,11H2. The third-order valence-electron chi connectivity index (χ3n) is 3.09. The molecule has 104 valence electrons. The monoisotopic (exact) mass is 334 g/mol. The lowest BCUT2D eigenvalue weighted by atomic mass is 10.0. The number of halogens is 2. The second-order valence-electron chi connectivity index (χ2n) is 4.83. The van der Waals surface area contributed by atoms with E-state index in [2.05, 4.69) is 28.1 Å². The van der Waals surface area contributed by atoms with Crippen LogP contribution in [0.25, 0.3) is 0 Å². The Morgan fingerprint density at radius 3 is 2.50 bits per heavy atom. The zero-order chi connectivity index (χ0) is 14.4. The highest BCUT2D eigenvalue weighted by atomic mass is 79.9. The number of Topliss-reactive ketones (excluding diaryl/α,β-unsaturated/α-hetero) is 1. The Balaban J connectivity index is 1.81. The van der Waals surface area contributed by atoms with Crippen molar-refractivity contribution in [3.63, 3.8) is 0 Å². The van der Waals surface area contributed by atoms with Gasteiger partial charge in [0.15, 0.2) is 0 Å². The fourth-order valence-corrected chi connectivity index (χ4v) is 2.68. The van der Waals surface area contributed by atoms with Gasteiger partial charge in [-0.15, -0.1) is 0 Å². The third kappa shape index (κ3) is 4.89. The first-order chi connectivity index (χ1) is 9.63. The maximum atomic E-state index is 13.2. The molecule has 0 aliphatic heterocycles. The van der Waals surface area contributed by atoms with Gasteiger partial charge in [0.2, 0.25) is 0 Å². The van der Waals surface area contributed by atoms with Crippen LogP contribution in [0.3, 0.4) is 0 Å². The van der Waals surface area contributed by atoms with Crippen molar-refractivity contribution >= 4 is 21.7 Å². The minimum Gasteiger partial charge on any atom is -0.299 e. The lowest BCUT2D eigenvalue weighted by molar-refractivity contribution is -0.118. The number of hydrogen-bond donors (Lipinski definition) is 0. The van der Waals surface area contributed by atoms with Crippen molar-refractivity contribution in [1.82, 2.24) is 0 Å². The second kappa shape index (κ2) is 7.34. The molecule has 0 atom stereocenters. The van der Waals surface area contributed by atoms with Crippen LogP contribution in [0.1, 0.15) is 24.0 Å².